The van der Waals surface area contributed by atoms with Crippen LogP contribution in [0.15, 0.2) is 30.3 Å². The summed E-state index contributed by atoms with van der Waals surface area (Å²) in [5.41, 5.74) is 4.10. The van der Waals surface area contributed by atoms with Gasteiger partial charge in [-0.2, -0.15) is 10.2 Å². The lowest BCUT2D eigenvalue weighted by atomic mass is 10.3. The highest BCUT2D eigenvalue weighted by Gasteiger charge is 2.19. The van der Waals surface area contributed by atoms with E-state index in [4.69, 9.17) is 11.6 Å². The van der Waals surface area contributed by atoms with Crippen LogP contribution in [-0.4, -0.2) is 25.9 Å². The van der Waals surface area contributed by atoms with Gasteiger partial charge in [0.2, 0.25) is 0 Å². The predicted octanol–water partition coefficient (Wildman–Crippen LogP) is 4.64. The number of carbonyl (C=O) groups is 1. The highest BCUT2D eigenvalue weighted by Crippen LogP contribution is 2.31. The number of hydrogen-bond acceptors (Lipinski definition) is 4. The number of carbonyl (C=O) groups excluding carboxylic acids is 1. The van der Waals surface area contributed by atoms with Crippen LogP contribution < -0.4 is 5.32 Å². The molecule has 8 heteroatoms. The van der Waals surface area contributed by atoms with Crippen molar-refractivity contribution in [3.8, 4) is 5.69 Å². The second-order valence-corrected chi connectivity index (χ2v) is 7.53. The molecule has 0 saturated carbocycles. The van der Waals surface area contributed by atoms with E-state index >= 15 is 0 Å². The Balaban J connectivity index is 1.73. The first-order valence-corrected chi connectivity index (χ1v) is 9.21. The van der Waals surface area contributed by atoms with Crippen LogP contribution in [0.1, 0.15) is 26.8 Å². The molecule has 0 unspecified atom stereocenters. The Kier molecular flexibility index (Phi) is 4.05. The number of aryl methyl sites for hydroxylation is 3. The molecule has 3 aromatic heterocycles. The van der Waals surface area contributed by atoms with Crippen molar-refractivity contribution >= 4 is 44.7 Å². The van der Waals surface area contributed by atoms with E-state index in [1.165, 1.54) is 11.3 Å². The van der Waals surface area contributed by atoms with Gasteiger partial charge in [0.25, 0.3) is 5.91 Å². The summed E-state index contributed by atoms with van der Waals surface area (Å²) in [4.78, 5) is 14.3. The fourth-order valence-electron chi connectivity index (χ4n) is 2.83. The summed E-state index contributed by atoms with van der Waals surface area (Å²) in [5, 5.41) is 16.2. The van der Waals surface area contributed by atoms with E-state index in [2.05, 4.69) is 20.6 Å². The first-order valence-electron chi connectivity index (χ1n) is 8.02. The Morgan fingerprint density at radius 2 is 1.92 bits per heavy atom. The molecule has 0 aliphatic carbocycles. The topological polar surface area (TPSA) is 75.6 Å². The van der Waals surface area contributed by atoms with Crippen LogP contribution in [0, 0.1) is 20.8 Å². The van der Waals surface area contributed by atoms with E-state index in [9.17, 15) is 4.79 Å². The van der Waals surface area contributed by atoms with Crippen molar-refractivity contribution < 1.29 is 4.79 Å². The fourth-order valence-corrected chi connectivity index (χ4v) is 4.03. The highest BCUT2D eigenvalue weighted by molar-refractivity contribution is 7.20. The van der Waals surface area contributed by atoms with Crippen molar-refractivity contribution in [2.24, 2.45) is 0 Å². The molecule has 6 nitrogen and oxygen atoms in total. The van der Waals surface area contributed by atoms with E-state index in [1.54, 1.807) is 0 Å². The summed E-state index contributed by atoms with van der Waals surface area (Å²) in [7, 11) is 0. The predicted molar refractivity (Wildman–Crippen MR) is 105 cm³/mol. The minimum Gasteiger partial charge on any atom is -0.318 e. The summed E-state index contributed by atoms with van der Waals surface area (Å²) in [5.74, 6) is -0.152. The van der Waals surface area contributed by atoms with E-state index in [0.717, 1.165) is 38.7 Å². The molecule has 0 fully saturated rings. The molecule has 0 atom stereocenters. The molecule has 0 saturated heterocycles. The van der Waals surface area contributed by atoms with Crippen molar-refractivity contribution in [1.29, 1.82) is 0 Å². The van der Waals surface area contributed by atoms with E-state index in [1.807, 2.05) is 55.8 Å². The van der Waals surface area contributed by atoms with Crippen LogP contribution in [0.25, 0.3) is 15.9 Å². The van der Waals surface area contributed by atoms with Crippen molar-refractivity contribution in [3.63, 3.8) is 0 Å². The van der Waals surface area contributed by atoms with Gasteiger partial charge in [0.15, 0.2) is 0 Å². The molecule has 0 radical (unpaired) electrons. The number of aromatic nitrogens is 4. The van der Waals surface area contributed by atoms with Gasteiger partial charge < -0.3 is 5.32 Å². The number of H-pyrrole nitrogens is 1. The smallest absolute Gasteiger partial charge is 0.265 e. The van der Waals surface area contributed by atoms with E-state index in [-0.39, 0.29) is 5.91 Å². The van der Waals surface area contributed by atoms with Crippen LogP contribution in [0.4, 0.5) is 5.69 Å². The monoisotopic (exact) mass is 385 g/mol. The van der Waals surface area contributed by atoms with Crippen molar-refractivity contribution in [2.45, 2.75) is 20.8 Å². The van der Waals surface area contributed by atoms with Gasteiger partial charge in [-0.1, -0.05) is 11.6 Å². The SMILES string of the molecule is Cc1n[nH]c(C)c1NC(=O)c1cc2c(C)nn(-c3ccc(Cl)cc3)c2s1. The van der Waals surface area contributed by atoms with Gasteiger partial charge in [-0.25, -0.2) is 4.68 Å². The molecule has 0 bridgehead atoms. The minimum atomic E-state index is -0.152. The first-order chi connectivity index (χ1) is 12.4. The Morgan fingerprint density at radius 3 is 2.58 bits per heavy atom. The number of halogens is 1. The van der Waals surface area contributed by atoms with Crippen LogP contribution >= 0.6 is 22.9 Å². The van der Waals surface area contributed by atoms with Crippen LogP contribution in [-0.2, 0) is 0 Å². The highest BCUT2D eigenvalue weighted by atomic mass is 35.5. The van der Waals surface area contributed by atoms with E-state index < -0.39 is 0 Å². The van der Waals surface area contributed by atoms with Gasteiger partial charge in [0.1, 0.15) is 4.83 Å². The largest absolute Gasteiger partial charge is 0.318 e. The Labute approximate surface area is 158 Å². The first kappa shape index (κ1) is 16.8. The summed E-state index contributed by atoms with van der Waals surface area (Å²) in [6.07, 6.45) is 0. The normalized spacial score (nSPS) is 11.2. The Morgan fingerprint density at radius 1 is 1.19 bits per heavy atom. The molecule has 1 aromatic carbocycles. The Hall–Kier alpha value is -2.64. The number of fused-ring (bicyclic) bond motifs is 1. The molecule has 0 aliphatic heterocycles. The average Bonchev–Trinajstić information content (AvgIpc) is 3.27. The zero-order chi connectivity index (χ0) is 18.4. The van der Waals surface area contributed by atoms with Gasteiger partial charge >= 0.3 is 0 Å². The number of nitrogens with one attached hydrogen (secondary N) is 2. The number of hydrogen-bond donors (Lipinski definition) is 2. The lowest BCUT2D eigenvalue weighted by Gasteiger charge is -2.04. The molecule has 26 heavy (non-hydrogen) atoms. The molecule has 4 rings (SSSR count). The van der Waals surface area contributed by atoms with Gasteiger partial charge in [0, 0.05) is 10.4 Å². The molecule has 0 aliphatic rings. The second kappa shape index (κ2) is 6.26. The minimum absolute atomic E-state index is 0.152. The molecule has 2 N–H and O–H groups in total. The van der Waals surface area contributed by atoms with Crippen molar-refractivity contribution in [3.05, 3.63) is 57.3 Å². The third kappa shape index (κ3) is 2.79. The maximum atomic E-state index is 12.7. The second-order valence-electron chi connectivity index (χ2n) is 6.07. The number of amides is 1. The summed E-state index contributed by atoms with van der Waals surface area (Å²) >= 11 is 7.38. The van der Waals surface area contributed by atoms with Gasteiger partial charge in [-0.15, -0.1) is 11.3 Å². The third-order valence-electron chi connectivity index (χ3n) is 4.21. The number of aromatic amines is 1. The average molecular weight is 386 g/mol. The molecule has 1 amide bonds. The molecule has 0 spiro atoms. The number of nitrogens with zero attached hydrogens (tertiary/aromatic N) is 3. The van der Waals surface area contributed by atoms with E-state index in [0.29, 0.717) is 9.90 Å². The third-order valence-corrected chi connectivity index (χ3v) is 5.57. The molecule has 4 aromatic rings. The van der Waals surface area contributed by atoms with Gasteiger partial charge in [-0.3, -0.25) is 9.89 Å². The van der Waals surface area contributed by atoms with Crippen LogP contribution in [0.3, 0.4) is 0 Å². The fraction of sp³-hybridized carbons (Fsp3) is 0.167. The summed E-state index contributed by atoms with van der Waals surface area (Å²) in [6.45, 7) is 5.67. The molecule has 3 heterocycles. The zero-order valence-electron chi connectivity index (χ0n) is 14.4. The van der Waals surface area contributed by atoms with Crippen molar-refractivity contribution in [1.82, 2.24) is 20.0 Å². The number of anilines is 1. The quantitative estimate of drug-likeness (QED) is 0.539. The zero-order valence-corrected chi connectivity index (χ0v) is 16.0. The maximum absolute atomic E-state index is 12.7. The van der Waals surface area contributed by atoms with Gasteiger partial charge in [0.05, 0.1) is 33.3 Å². The maximum Gasteiger partial charge on any atom is 0.265 e. The summed E-state index contributed by atoms with van der Waals surface area (Å²) in [6, 6.07) is 9.35. The number of thiophene rings is 1. The molecular weight excluding hydrogens is 370 g/mol. The van der Waals surface area contributed by atoms with Crippen LogP contribution in [0.2, 0.25) is 5.02 Å². The van der Waals surface area contributed by atoms with Crippen LogP contribution in [0.5, 0.6) is 0 Å². The Bertz CT molecular complexity index is 1100. The summed E-state index contributed by atoms with van der Waals surface area (Å²) < 4.78 is 1.84. The molecule has 132 valence electrons. The lowest BCUT2D eigenvalue weighted by Crippen LogP contribution is -2.11. The van der Waals surface area contributed by atoms with Gasteiger partial charge in [-0.05, 0) is 51.1 Å². The molecular formula is C18H16ClN5OS. The number of rotatable bonds is 3. The standard InChI is InChI=1S/C18H16ClN5OS/c1-9-14-8-15(17(25)20-16-10(2)21-22-11(16)3)26-18(14)24(23-9)13-6-4-12(19)5-7-13/h4-8H,1-3H3,(H,20,25)(H,21,22). The van der Waals surface area contributed by atoms with Crippen molar-refractivity contribution in [2.75, 3.05) is 5.32 Å². The lowest BCUT2D eigenvalue weighted by molar-refractivity contribution is 0.103. The number of benzene rings is 1.